The van der Waals surface area contributed by atoms with Crippen LogP contribution in [0.5, 0.6) is 0 Å². The maximum Gasteiger partial charge on any atom is 0.240 e. The monoisotopic (exact) mass is 377 g/mol. The number of para-hydroxylation sites is 2. The third-order valence-electron chi connectivity index (χ3n) is 3.83. The zero-order chi connectivity index (χ0) is 18.0. The Labute approximate surface area is 155 Å². The van der Waals surface area contributed by atoms with Crippen LogP contribution in [0.1, 0.15) is 6.92 Å². The molecule has 0 aliphatic heterocycles. The highest BCUT2D eigenvalue weighted by Gasteiger charge is 2.18. The molecule has 0 aliphatic rings. The van der Waals surface area contributed by atoms with Gasteiger partial charge in [0, 0.05) is 11.6 Å². The lowest BCUT2D eigenvalue weighted by atomic mass is 10.2. The average molecular weight is 378 g/mol. The Bertz CT molecular complexity index is 924. The maximum atomic E-state index is 12.3. The van der Waals surface area contributed by atoms with Crippen LogP contribution < -0.4 is 5.32 Å². The normalized spacial score (nSPS) is 12.3. The highest BCUT2D eigenvalue weighted by molar-refractivity contribution is 6.43. The predicted octanol–water partition coefficient (Wildman–Crippen LogP) is 3.51. The van der Waals surface area contributed by atoms with Gasteiger partial charge in [-0.25, -0.2) is 4.98 Å². The zero-order valence-corrected chi connectivity index (χ0v) is 15.1. The first kappa shape index (κ1) is 17.7. The van der Waals surface area contributed by atoms with E-state index >= 15 is 0 Å². The van der Waals surface area contributed by atoms with E-state index in [1.807, 2.05) is 30.3 Å². The second-order valence-corrected chi connectivity index (χ2v) is 6.55. The Hall–Kier alpha value is -2.08. The van der Waals surface area contributed by atoms with Crippen LogP contribution in [0.15, 0.2) is 42.5 Å². The number of aliphatic hydroxyl groups is 1. The third-order valence-corrected chi connectivity index (χ3v) is 4.65. The van der Waals surface area contributed by atoms with E-state index in [0.717, 1.165) is 11.0 Å². The molecule has 0 fully saturated rings. The Balaban J connectivity index is 2.09. The summed E-state index contributed by atoms with van der Waals surface area (Å²) in [7, 11) is 0. The first-order valence-electron chi connectivity index (χ1n) is 7.81. The molecule has 1 aromatic heterocycles. The van der Waals surface area contributed by atoms with Crippen LogP contribution in [0.2, 0.25) is 10.0 Å². The second kappa shape index (κ2) is 7.44. The van der Waals surface area contributed by atoms with Gasteiger partial charge in [-0.2, -0.15) is 0 Å². The van der Waals surface area contributed by atoms with Crippen LogP contribution in [0.4, 0.5) is 0 Å². The first-order valence-corrected chi connectivity index (χ1v) is 8.56. The molecule has 2 N–H and O–H groups in total. The van der Waals surface area contributed by atoms with Crippen LogP contribution in [-0.2, 0) is 11.3 Å². The highest BCUT2D eigenvalue weighted by atomic mass is 35.5. The lowest BCUT2D eigenvalue weighted by molar-refractivity contribution is -0.122. The van der Waals surface area contributed by atoms with Gasteiger partial charge in [-0.1, -0.05) is 41.4 Å². The minimum Gasteiger partial charge on any atom is -0.394 e. The Morgan fingerprint density at radius 2 is 2.00 bits per heavy atom. The predicted molar refractivity (Wildman–Crippen MR) is 99.9 cm³/mol. The molecule has 25 heavy (non-hydrogen) atoms. The quantitative estimate of drug-likeness (QED) is 0.714. The van der Waals surface area contributed by atoms with Crippen LogP contribution >= 0.6 is 23.2 Å². The summed E-state index contributed by atoms with van der Waals surface area (Å²) in [5.74, 6) is 0.351. The summed E-state index contributed by atoms with van der Waals surface area (Å²) in [6.45, 7) is 1.67. The van der Waals surface area contributed by atoms with E-state index in [4.69, 9.17) is 28.3 Å². The molecule has 1 heterocycles. The fourth-order valence-electron chi connectivity index (χ4n) is 2.63. The molecule has 3 aromatic rings. The maximum absolute atomic E-state index is 12.3. The number of carbonyl (C=O) groups excluding carboxylic acids is 1. The smallest absolute Gasteiger partial charge is 0.240 e. The summed E-state index contributed by atoms with van der Waals surface area (Å²) in [6, 6.07) is 12.5. The van der Waals surface area contributed by atoms with Gasteiger partial charge in [0.1, 0.15) is 12.4 Å². The van der Waals surface area contributed by atoms with Gasteiger partial charge in [-0.3, -0.25) is 4.79 Å². The van der Waals surface area contributed by atoms with Crippen LogP contribution in [0, 0.1) is 0 Å². The number of rotatable bonds is 5. The zero-order valence-electron chi connectivity index (χ0n) is 13.5. The number of hydrogen-bond donors (Lipinski definition) is 2. The van der Waals surface area contributed by atoms with Crippen LogP contribution in [0.3, 0.4) is 0 Å². The summed E-state index contributed by atoms with van der Waals surface area (Å²) in [5, 5.41) is 12.7. The van der Waals surface area contributed by atoms with Gasteiger partial charge < -0.3 is 15.0 Å². The molecule has 1 amide bonds. The van der Waals surface area contributed by atoms with Gasteiger partial charge in [0.2, 0.25) is 5.91 Å². The molecule has 0 saturated heterocycles. The van der Waals surface area contributed by atoms with Crippen molar-refractivity contribution in [3.8, 4) is 11.4 Å². The number of amides is 1. The van der Waals surface area contributed by atoms with Crippen molar-refractivity contribution in [2.24, 2.45) is 0 Å². The van der Waals surface area contributed by atoms with Crippen molar-refractivity contribution in [2.75, 3.05) is 6.61 Å². The molecular weight excluding hydrogens is 361 g/mol. The van der Waals surface area contributed by atoms with Crippen molar-refractivity contribution in [1.29, 1.82) is 0 Å². The number of aromatic nitrogens is 2. The summed E-state index contributed by atoms with van der Waals surface area (Å²) in [5.41, 5.74) is 2.24. The fraction of sp³-hybridized carbons (Fsp3) is 0.222. The van der Waals surface area contributed by atoms with Crippen molar-refractivity contribution < 1.29 is 9.90 Å². The lowest BCUT2D eigenvalue weighted by Gasteiger charge is -2.14. The Morgan fingerprint density at radius 3 is 2.76 bits per heavy atom. The number of nitrogens with zero attached hydrogens (tertiary/aromatic N) is 2. The van der Waals surface area contributed by atoms with E-state index in [9.17, 15) is 4.79 Å². The second-order valence-electron chi connectivity index (χ2n) is 5.76. The number of carbonyl (C=O) groups is 1. The summed E-state index contributed by atoms with van der Waals surface area (Å²) < 4.78 is 1.80. The number of hydrogen-bond acceptors (Lipinski definition) is 3. The van der Waals surface area contributed by atoms with Gasteiger partial charge >= 0.3 is 0 Å². The standard InChI is InChI=1S/C18H17Cl2N3O2/c1-11(10-24)21-16(25)9-23-15-8-3-2-7-14(15)22-18(23)12-5-4-6-13(19)17(12)20/h2-8,11,24H,9-10H2,1H3,(H,21,25)/t11-/m1/s1. The SMILES string of the molecule is C[C@H](CO)NC(=O)Cn1c(-c2cccc(Cl)c2Cl)nc2ccccc21. The molecule has 0 aliphatic carbocycles. The Morgan fingerprint density at radius 1 is 1.24 bits per heavy atom. The van der Waals surface area contributed by atoms with E-state index in [0.29, 0.717) is 21.4 Å². The number of halogens is 2. The van der Waals surface area contributed by atoms with E-state index in [1.165, 1.54) is 0 Å². The third kappa shape index (κ3) is 3.63. The number of imidazole rings is 1. The summed E-state index contributed by atoms with van der Waals surface area (Å²) in [4.78, 5) is 17.0. The molecule has 0 saturated carbocycles. The molecule has 0 radical (unpaired) electrons. The van der Waals surface area contributed by atoms with Crippen molar-refractivity contribution in [1.82, 2.24) is 14.9 Å². The summed E-state index contributed by atoms with van der Waals surface area (Å²) in [6.07, 6.45) is 0. The minimum absolute atomic E-state index is 0.0586. The van der Waals surface area contributed by atoms with Crippen molar-refractivity contribution >= 4 is 40.1 Å². The topological polar surface area (TPSA) is 67.2 Å². The van der Waals surface area contributed by atoms with E-state index in [2.05, 4.69) is 10.3 Å². The summed E-state index contributed by atoms with van der Waals surface area (Å²) >= 11 is 12.5. The van der Waals surface area contributed by atoms with E-state index in [-0.39, 0.29) is 25.1 Å². The van der Waals surface area contributed by atoms with Gasteiger partial charge in [-0.15, -0.1) is 0 Å². The molecule has 1 atom stereocenters. The number of benzene rings is 2. The number of fused-ring (bicyclic) bond motifs is 1. The molecule has 5 nitrogen and oxygen atoms in total. The van der Waals surface area contributed by atoms with Crippen molar-refractivity contribution in [3.63, 3.8) is 0 Å². The van der Waals surface area contributed by atoms with E-state index < -0.39 is 0 Å². The van der Waals surface area contributed by atoms with Gasteiger partial charge in [0.25, 0.3) is 0 Å². The first-order chi connectivity index (χ1) is 12.0. The molecule has 3 rings (SSSR count). The van der Waals surface area contributed by atoms with E-state index in [1.54, 1.807) is 23.6 Å². The van der Waals surface area contributed by atoms with Gasteiger partial charge in [0.05, 0.1) is 27.7 Å². The molecule has 2 aromatic carbocycles. The largest absolute Gasteiger partial charge is 0.394 e. The molecular formula is C18H17Cl2N3O2. The van der Waals surface area contributed by atoms with Gasteiger partial charge in [-0.05, 0) is 31.2 Å². The molecule has 0 spiro atoms. The van der Waals surface area contributed by atoms with Crippen molar-refractivity contribution in [3.05, 3.63) is 52.5 Å². The number of aliphatic hydroxyl groups excluding tert-OH is 1. The minimum atomic E-state index is -0.319. The Kier molecular flexibility index (Phi) is 5.27. The molecule has 130 valence electrons. The molecule has 0 unspecified atom stereocenters. The highest BCUT2D eigenvalue weighted by Crippen LogP contribution is 2.34. The molecule has 0 bridgehead atoms. The average Bonchev–Trinajstić information content (AvgIpc) is 2.95. The van der Waals surface area contributed by atoms with Crippen molar-refractivity contribution in [2.45, 2.75) is 19.5 Å². The lowest BCUT2D eigenvalue weighted by Crippen LogP contribution is -2.37. The number of nitrogens with one attached hydrogen (secondary N) is 1. The van der Waals surface area contributed by atoms with Crippen LogP contribution in [0.25, 0.3) is 22.4 Å². The van der Waals surface area contributed by atoms with Gasteiger partial charge in [0.15, 0.2) is 0 Å². The molecule has 7 heteroatoms. The van der Waals surface area contributed by atoms with Crippen LogP contribution in [-0.4, -0.2) is 33.2 Å². The fourth-order valence-corrected chi connectivity index (χ4v) is 3.01.